The Morgan fingerprint density at radius 2 is 1.69 bits per heavy atom. The molecule has 2 aromatic carbocycles. The maximum absolute atomic E-state index is 13.6. The first-order valence-corrected chi connectivity index (χ1v) is 11.1. The van der Waals surface area contributed by atoms with Gasteiger partial charge in [0.2, 0.25) is 0 Å². The van der Waals surface area contributed by atoms with Crippen molar-refractivity contribution >= 4 is 36.0 Å². The van der Waals surface area contributed by atoms with Crippen LogP contribution in [0.5, 0.6) is 0 Å². The van der Waals surface area contributed by atoms with Crippen LogP contribution in [0.25, 0.3) is 0 Å². The smallest absolute Gasteiger partial charge is 0.423 e. The molecule has 1 atom stereocenters. The monoisotopic (exact) mass is 458 g/mol. The average Bonchev–Trinajstić information content (AvgIpc) is 2.68. The number of aryl methyl sites for hydroxylation is 2. The number of hydrogen-bond acceptors (Lipinski definition) is 4. The molecule has 0 aromatic heterocycles. The summed E-state index contributed by atoms with van der Waals surface area (Å²) in [7, 11) is -1.69. The first-order chi connectivity index (χ1) is 14.8. The fraction of sp³-hybridized carbons (Fsp3) is 0.417. The lowest BCUT2D eigenvalue weighted by Gasteiger charge is -2.40. The number of nitrogens with one attached hydrogen (secondary N) is 1. The van der Waals surface area contributed by atoms with Crippen molar-refractivity contribution in [3.63, 3.8) is 0 Å². The van der Waals surface area contributed by atoms with Gasteiger partial charge in [0.1, 0.15) is 0 Å². The lowest BCUT2D eigenvalue weighted by Crippen LogP contribution is -2.56. The minimum absolute atomic E-state index is 0.0645. The predicted molar refractivity (Wildman–Crippen MR) is 129 cm³/mol. The molecule has 0 heterocycles. The molecular formula is C24H32BClN2O4. The van der Waals surface area contributed by atoms with E-state index in [0.29, 0.717) is 12.0 Å². The van der Waals surface area contributed by atoms with Crippen LogP contribution in [0.1, 0.15) is 72.4 Å². The minimum Gasteiger partial charge on any atom is -0.423 e. The molecule has 0 bridgehead atoms. The van der Waals surface area contributed by atoms with E-state index < -0.39 is 13.0 Å². The first kappa shape index (κ1) is 25.9. The third kappa shape index (κ3) is 6.34. The molecule has 0 saturated carbocycles. The molecule has 32 heavy (non-hydrogen) atoms. The van der Waals surface area contributed by atoms with Gasteiger partial charge < -0.3 is 10.0 Å². The van der Waals surface area contributed by atoms with Gasteiger partial charge in [0.15, 0.2) is 0 Å². The summed E-state index contributed by atoms with van der Waals surface area (Å²) in [5, 5.41) is 20.1. The topological polar surface area (TPSA) is 89.9 Å². The van der Waals surface area contributed by atoms with E-state index in [9.17, 15) is 19.6 Å². The van der Waals surface area contributed by atoms with E-state index in [-0.39, 0.29) is 33.4 Å². The molecule has 0 saturated heterocycles. The van der Waals surface area contributed by atoms with Crippen LogP contribution < -0.4 is 10.9 Å². The molecule has 6 nitrogen and oxygen atoms in total. The number of hydrazine groups is 1. The van der Waals surface area contributed by atoms with Gasteiger partial charge in [-0.2, -0.15) is 0 Å². The van der Waals surface area contributed by atoms with Crippen LogP contribution in [0.4, 0.5) is 0 Å². The molecular weight excluding hydrogens is 427 g/mol. The fourth-order valence-electron chi connectivity index (χ4n) is 3.78. The Labute approximate surface area is 195 Å². The summed E-state index contributed by atoms with van der Waals surface area (Å²) in [4.78, 5) is 26.8. The molecule has 1 unspecified atom stereocenters. The van der Waals surface area contributed by atoms with Gasteiger partial charge in [-0.1, -0.05) is 69.0 Å². The van der Waals surface area contributed by atoms with Gasteiger partial charge >= 0.3 is 7.12 Å². The van der Waals surface area contributed by atoms with Crippen LogP contribution in [0.15, 0.2) is 36.4 Å². The third-order valence-electron chi connectivity index (χ3n) is 5.32. The number of hydrogen-bond donors (Lipinski definition) is 3. The minimum atomic E-state index is -1.69. The second-order valence-corrected chi connectivity index (χ2v) is 9.68. The van der Waals surface area contributed by atoms with Gasteiger partial charge in [0.25, 0.3) is 11.8 Å². The van der Waals surface area contributed by atoms with Crippen LogP contribution in [0.3, 0.4) is 0 Å². The first-order valence-electron chi connectivity index (χ1n) is 10.7. The van der Waals surface area contributed by atoms with Crippen LogP contribution in [-0.2, 0) is 0 Å². The van der Waals surface area contributed by atoms with Crippen LogP contribution in [-0.4, -0.2) is 40.0 Å². The largest absolute Gasteiger partial charge is 0.488 e. The van der Waals surface area contributed by atoms with Crippen LogP contribution >= 0.6 is 11.6 Å². The maximum Gasteiger partial charge on any atom is 0.488 e. The summed E-state index contributed by atoms with van der Waals surface area (Å²) in [6.45, 7) is 12.0. The van der Waals surface area contributed by atoms with Crippen molar-refractivity contribution in [2.45, 2.75) is 60.4 Å². The lowest BCUT2D eigenvalue weighted by molar-refractivity contribution is 0.0271. The summed E-state index contributed by atoms with van der Waals surface area (Å²) < 4.78 is 0. The molecule has 0 fully saturated rings. The summed E-state index contributed by atoms with van der Waals surface area (Å²) >= 11 is 6.23. The lowest BCUT2D eigenvalue weighted by atomic mass is 9.80. The second-order valence-electron chi connectivity index (χ2n) is 9.28. The highest BCUT2D eigenvalue weighted by Crippen LogP contribution is 2.29. The van der Waals surface area contributed by atoms with Crippen molar-refractivity contribution in [3.05, 3.63) is 63.7 Å². The number of amides is 2. The highest BCUT2D eigenvalue weighted by molar-refractivity contribution is 6.59. The van der Waals surface area contributed by atoms with Gasteiger partial charge in [0.05, 0.1) is 16.6 Å². The normalized spacial score (nSPS) is 12.3. The third-order valence-corrected chi connectivity index (χ3v) is 5.63. The molecule has 2 aromatic rings. The van der Waals surface area contributed by atoms with Crippen molar-refractivity contribution in [3.8, 4) is 0 Å². The molecule has 2 amide bonds. The number of carbonyl (C=O) groups is 2. The molecule has 0 radical (unpaired) electrons. The van der Waals surface area contributed by atoms with Crippen molar-refractivity contribution in [1.82, 2.24) is 10.4 Å². The van der Waals surface area contributed by atoms with E-state index in [2.05, 4.69) is 5.43 Å². The van der Waals surface area contributed by atoms with Gasteiger partial charge in [-0.25, -0.2) is 5.01 Å². The van der Waals surface area contributed by atoms with E-state index in [0.717, 1.165) is 17.5 Å². The van der Waals surface area contributed by atoms with E-state index in [1.165, 1.54) is 23.2 Å². The zero-order valence-electron chi connectivity index (χ0n) is 19.6. The Morgan fingerprint density at radius 3 is 2.16 bits per heavy atom. The van der Waals surface area contributed by atoms with Crippen molar-refractivity contribution in [1.29, 1.82) is 0 Å². The molecule has 0 spiro atoms. The van der Waals surface area contributed by atoms with Crippen molar-refractivity contribution in [2.75, 3.05) is 0 Å². The van der Waals surface area contributed by atoms with Gasteiger partial charge in [-0.3, -0.25) is 15.0 Å². The zero-order chi connectivity index (χ0) is 24.2. The van der Waals surface area contributed by atoms with Crippen molar-refractivity contribution in [2.24, 2.45) is 5.41 Å². The quantitative estimate of drug-likeness (QED) is 0.455. The number of halogens is 1. The molecule has 0 aliphatic heterocycles. The van der Waals surface area contributed by atoms with E-state index in [4.69, 9.17) is 11.6 Å². The number of nitrogens with zero attached hydrogens (tertiary/aromatic N) is 1. The maximum atomic E-state index is 13.6. The predicted octanol–water partition coefficient (Wildman–Crippen LogP) is 3.64. The number of benzene rings is 2. The van der Waals surface area contributed by atoms with Gasteiger partial charge in [-0.15, -0.1) is 0 Å². The molecule has 8 heteroatoms. The van der Waals surface area contributed by atoms with Crippen LogP contribution in [0, 0.1) is 19.3 Å². The zero-order valence-corrected chi connectivity index (χ0v) is 20.3. The summed E-state index contributed by atoms with van der Waals surface area (Å²) in [6, 6.07) is 9.50. The Morgan fingerprint density at radius 1 is 1.09 bits per heavy atom. The van der Waals surface area contributed by atoms with Gasteiger partial charge in [0, 0.05) is 5.56 Å². The molecule has 3 N–H and O–H groups in total. The highest BCUT2D eigenvalue weighted by Gasteiger charge is 2.35. The van der Waals surface area contributed by atoms with Gasteiger partial charge in [-0.05, 0) is 55.4 Å². The highest BCUT2D eigenvalue weighted by atomic mass is 35.5. The Hall–Kier alpha value is -2.35. The number of rotatable bonds is 6. The summed E-state index contributed by atoms with van der Waals surface area (Å²) in [6.07, 6.45) is 1.53. The summed E-state index contributed by atoms with van der Waals surface area (Å²) in [5.41, 5.74) is 5.22. The SMILES string of the molecule is CCCC(N(NC(=O)c1ccc(B(O)O)cc1Cl)C(=O)c1cc(C)cc(C)c1)C(C)(C)C. The van der Waals surface area contributed by atoms with E-state index in [1.54, 1.807) is 0 Å². The fourth-order valence-corrected chi connectivity index (χ4v) is 4.05. The standard InChI is InChI=1S/C24H32BClN2O4/c1-7-8-21(24(4,5)6)28(23(30)17-12-15(2)11-16(3)13-17)27-22(29)19-10-9-18(25(31)32)14-20(19)26/h9-14,21,31-32H,7-8H2,1-6H3,(H,27,29). The second kappa shape index (κ2) is 10.5. The summed E-state index contributed by atoms with van der Waals surface area (Å²) in [5.74, 6) is -0.839. The Bertz CT molecular complexity index is 968. The van der Waals surface area contributed by atoms with E-state index >= 15 is 0 Å². The van der Waals surface area contributed by atoms with Crippen molar-refractivity contribution < 1.29 is 19.6 Å². The number of carbonyl (C=O) groups excluding carboxylic acids is 2. The Balaban J connectivity index is 2.48. The molecule has 0 aliphatic carbocycles. The Kier molecular flexibility index (Phi) is 8.51. The average molecular weight is 459 g/mol. The molecule has 172 valence electrons. The molecule has 0 aliphatic rings. The van der Waals surface area contributed by atoms with Crippen LogP contribution in [0.2, 0.25) is 5.02 Å². The van der Waals surface area contributed by atoms with E-state index in [1.807, 2.05) is 59.7 Å². The molecule has 2 rings (SSSR count).